The number of ether oxygens (including phenoxy) is 2. The van der Waals surface area contributed by atoms with E-state index in [0.29, 0.717) is 23.7 Å². The van der Waals surface area contributed by atoms with E-state index in [1.54, 1.807) is 43.5 Å². The first-order valence-corrected chi connectivity index (χ1v) is 10.1. The number of sulfonamides is 1. The van der Waals surface area contributed by atoms with Crippen molar-refractivity contribution < 1.29 is 22.7 Å². The van der Waals surface area contributed by atoms with E-state index in [1.165, 1.54) is 16.4 Å². The molecule has 7 nitrogen and oxygen atoms in total. The molecule has 0 bridgehead atoms. The van der Waals surface area contributed by atoms with Crippen LogP contribution in [0.4, 0.5) is 0 Å². The highest BCUT2D eigenvalue weighted by Gasteiger charge is 2.39. The van der Waals surface area contributed by atoms with E-state index >= 15 is 0 Å². The van der Waals surface area contributed by atoms with Crippen molar-refractivity contribution >= 4 is 15.9 Å². The Morgan fingerprint density at radius 2 is 1.70 bits per heavy atom. The lowest BCUT2D eigenvalue weighted by Crippen LogP contribution is -2.52. The average Bonchev–Trinajstić information content (AvgIpc) is 2.68. The van der Waals surface area contributed by atoms with Gasteiger partial charge < -0.3 is 14.8 Å². The number of carbonyl (C=O) groups excluding carboxylic acids is 1. The van der Waals surface area contributed by atoms with Gasteiger partial charge in [0.15, 0.2) is 0 Å². The minimum atomic E-state index is -3.85. The highest BCUT2D eigenvalue weighted by molar-refractivity contribution is 7.89. The number of hydrogen-bond donors (Lipinski definition) is 1. The van der Waals surface area contributed by atoms with Gasteiger partial charge in [0.05, 0.1) is 18.6 Å². The number of piperazine rings is 1. The first-order chi connectivity index (χ1) is 13.0. The van der Waals surface area contributed by atoms with Crippen molar-refractivity contribution in [2.45, 2.75) is 17.9 Å². The number of benzene rings is 2. The van der Waals surface area contributed by atoms with E-state index in [0.717, 1.165) is 0 Å². The van der Waals surface area contributed by atoms with Crippen LogP contribution in [0.5, 0.6) is 11.5 Å². The summed E-state index contributed by atoms with van der Waals surface area (Å²) >= 11 is 0. The smallest absolute Gasteiger partial charge is 0.244 e. The van der Waals surface area contributed by atoms with Gasteiger partial charge in [-0.2, -0.15) is 4.31 Å². The van der Waals surface area contributed by atoms with Gasteiger partial charge in [-0.1, -0.05) is 12.1 Å². The molecule has 1 amide bonds. The topological polar surface area (TPSA) is 84.9 Å². The molecule has 1 heterocycles. The zero-order chi connectivity index (χ0) is 19.4. The van der Waals surface area contributed by atoms with E-state index in [-0.39, 0.29) is 23.9 Å². The zero-order valence-corrected chi connectivity index (χ0v) is 16.0. The van der Waals surface area contributed by atoms with Gasteiger partial charge in [-0.05, 0) is 48.9 Å². The molecule has 3 rings (SSSR count). The summed E-state index contributed by atoms with van der Waals surface area (Å²) in [4.78, 5) is 12.6. The molecule has 1 unspecified atom stereocenters. The summed E-state index contributed by atoms with van der Waals surface area (Å²) in [5.74, 6) is 0.886. The third-order valence-corrected chi connectivity index (χ3v) is 6.22. The van der Waals surface area contributed by atoms with E-state index in [1.807, 2.05) is 6.92 Å². The molecule has 2 aromatic rings. The van der Waals surface area contributed by atoms with Crippen molar-refractivity contribution in [1.29, 1.82) is 0 Å². The Hall–Kier alpha value is -2.58. The van der Waals surface area contributed by atoms with Crippen LogP contribution < -0.4 is 14.8 Å². The highest BCUT2D eigenvalue weighted by Crippen LogP contribution is 2.31. The van der Waals surface area contributed by atoms with E-state index in [2.05, 4.69) is 5.32 Å². The molecule has 0 aliphatic carbocycles. The third kappa shape index (κ3) is 3.91. The molecule has 8 heteroatoms. The van der Waals surface area contributed by atoms with Gasteiger partial charge in [0.25, 0.3) is 0 Å². The molecule has 0 radical (unpaired) electrons. The van der Waals surface area contributed by atoms with Crippen molar-refractivity contribution in [3.05, 3.63) is 54.1 Å². The predicted molar refractivity (Wildman–Crippen MR) is 100 cm³/mol. The van der Waals surface area contributed by atoms with Gasteiger partial charge >= 0.3 is 0 Å². The van der Waals surface area contributed by atoms with Crippen LogP contribution in [-0.4, -0.2) is 45.4 Å². The van der Waals surface area contributed by atoms with Crippen molar-refractivity contribution in [3.8, 4) is 11.5 Å². The summed E-state index contributed by atoms with van der Waals surface area (Å²) in [7, 11) is -2.31. The SMILES string of the molecule is CCOc1ccc(S(=O)(=O)N2CCNC(=O)C2c2ccc(OC)cc2)cc1. The lowest BCUT2D eigenvalue weighted by molar-refractivity contribution is -0.126. The third-order valence-electron chi connectivity index (χ3n) is 4.34. The van der Waals surface area contributed by atoms with Crippen LogP contribution in [0.1, 0.15) is 18.5 Å². The molecule has 1 fully saturated rings. The standard InChI is InChI=1S/C19H22N2O5S/c1-3-26-16-8-10-17(11-9-16)27(23,24)21-13-12-20-19(22)18(21)14-4-6-15(25-2)7-5-14/h4-11,18H,3,12-13H2,1-2H3,(H,20,22). The van der Waals surface area contributed by atoms with Gasteiger partial charge in [0.2, 0.25) is 15.9 Å². The van der Waals surface area contributed by atoms with Gasteiger partial charge in [-0.15, -0.1) is 0 Å². The molecule has 1 N–H and O–H groups in total. The second-order valence-corrected chi connectivity index (χ2v) is 7.88. The van der Waals surface area contributed by atoms with E-state index in [9.17, 15) is 13.2 Å². The Morgan fingerprint density at radius 1 is 1.07 bits per heavy atom. The fraction of sp³-hybridized carbons (Fsp3) is 0.316. The summed E-state index contributed by atoms with van der Waals surface area (Å²) in [5, 5.41) is 2.74. The monoisotopic (exact) mass is 390 g/mol. The van der Waals surface area contributed by atoms with Gasteiger partial charge in [0.1, 0.15) is 17.5 Å². The van der Waals surface area contributed by atoms with Crippen molar-refractivity contribution in [2.24, 2.45) is 0 Å². The predicted octanol–water partition coefficient (Wildman–Crippen LogP) is 1.96. The zero-order valence-electron chi connectivity index (χ0n) is 15.2. The second-order valence-electron chi connectivity index (χ2n) is 5.99. The summed E-state index contributed by atoms with van der Waals surface area (Å²) in [5.41, 5.74) is 0.586. The van der Waals surface area contributed by atoms with Gasteiger partial charge in [0, 0.05) is 13.1 Å². The van der Waals surface area contributed by atoms with Gasteiger partial charge in [-0.3, -0.25) is 4.79 Å². The van der Waals surface area contributed by atoms with Crippen LogP contribution >= 0.6 is 0 Å². The molecule has 27 heavy (non-hydrogen) atoms. The van der Waals surface area contributed by atoms with Crippen molar-refractivity contribution in [3.63, 3.8) is 0 Å². The first kappa shape index (κ1) is 19.2. The number of carbonyl (C=O) groups is 1. The Balaban J connectivity index is 1.96. The second kappa shape index (κ2) is 7.98. The minimum absolute atomic E-state index is 0.124. The van der Waals surface area contributed by atoms with Crippen molar-refractivity contribution in [1.82, 2.24) is 9.62 Å². The maximum atomic E-state index is 13.2. The molecule has 144 valence electrons. The van der Waals surface area contributed by atoms with Crippen LogP contribution in [0.2, 0.25) is 0 Å². The molecular formula is C19H22N2O5S. The Bertz CT molecular complexity index is 895. The fourth-order valence-corrected chi connectivity index (χ4v) is 4.60. The van der Waals surface area contributed by atoms with E-state index in [4.69, 9.17) is 9.47 Å². The minimum Gasteiger partial charge on any atom is -0.497 e. The first-order valence-electron chi connectivity index (χ1n) is 8.63. The number of hydrogen-bond acceptors (Lipinski definition) is 5. The normalized spacial score (nSPS) is 18.0. The Labute approximate surface area is 158 Å². The fourth-order valence-electron chi connectivity index (χ4n) is 3.02. The molecule has 2 aromatic carbocycles. The lowest BCUT2D eigenvalue weighted by atomic mass is 10.0. The maximum absolute atomic E-state index is 13.2. The Morgan fingerprint density at radius 3 is 2.30 bits per heavy atom. The number of nitrogens with one attached hydrogen (secondary N) is 1. The average molecular weight is 390 g/mol. The van der Waals surface area contributed by atoms with Crippen LogP contribution in [-0.2, 0) is 14.8 Å². The van der Waals surface area contributed by atoms with Crippen LogP contribution in [0, 0.1) is 0 Å². The number of nitrogens with zero attached hydrogens (tertiary/aromatic N) is 1. The van der Waals surface area contributed by atoms with Crippen LogP contribution in [0.3, 0.4) is 0 Å². The summed E-state index contributed by atoms with van der Waals surface area (Å²) in [6, 6.07) is 12.1. The molecule has 0 saturated carbocycles. The highest BCUT2D eigenvalue weighted by atomic mass is 32.2. The summed E-state index contributed by atoms with van der Waals surface area (Å²) < 4.78 is 38.1. The van der Waals surface area contributed by atoms with Crippen LogP contribution in [0.25, 0.3) is 0 Å². The molecule has 0 aromatic heterocycles. The summed E-state index contributed by atoms with van der Waals surface area (Å²) in [6.07, 6.45) is 0. The molecule has 1 aliphatic heterocycles. The molecule has 1 atom stereocenters. The number of rotatable bonds is 6. The van der Waals surface area contributed by atoms with Crippen molar-refractivity contribution in [2.75, 3.05) is 26.8 Å². The largest absolute Gasteiger partial charge is 0.497 e. The Kier molecular flexibility index (Phi) is 5.67. The molecule has 0 spiro atoms. The molecular weight excluding hydrogens is 368 g/mol. The van der Waals surface area contributed by atoms with E-state index < -0.39 is 16.1 Å². The molecule has 1 aliphatic rings. The quantitative estimate of drug-likeness (QED) is 0.815. The summed E-state index contributed by atoms with van der Waals surface area (Å²) in [6.45, 7) is 2.81. The van der Waals surface area contributed by atoms with Gasteiger partial charge in [-0.25, -0.2) is 8.42 Å². The molecule has 1 saturated heterocycles. The number of methoxy groups -OCH3 is 1. The number of amides is 1. The maximum Gasteiger partial charge on any atom is 0.244 e. The van der Waals surface area contributed by atoms with Crippen LogP contribution in [0.15, 0.2) is 53.4 Å². The lowest BCUT2D eigenvalue weighted by Gasteiger charge is -2.34.